The van der Waals surface area contributed by atoms with E-state index in [1.54, 1.807) is 17.8 Å². The van der Waals surface area contributed by atoms with E-state index in [-0.39, 0.29) is 28.2 Å². The number of nitrogens with zero attached hydrogens (tertiary/aromatic N) is 2. The van der Waals surface area contributed by atoms with Gasteiger partial charge in [0.05, 0.1) is 6.54 Å². The molecule has 0 N–H and O–H groups in total. The molecule has 1 aliphatic carbocycles. The zero-order valence-corrected chi connectivity index (χ0v) is 13.5. The lowest BCUT2D eigenvalue weighted by atomic mass is 9.62. The maximum Gasteiger partial charge on any atom is 0.167 e. The molecule has 0 aromatic heterocycles. The van der Waals surface area contributed by atoms with Crippen molar-refractivity contribution >= 4 is 33.9 Å². The maximum absolute atomic E-state index is 13.6. The Balaban J connectivity index is 0.00000121. The molecule has 2 aliphatic heterocycles. The van der Waals surface area contributed by atoms with Crippen molar-refractivity contribution in [3.8, 4) is 0 Å². The predicted molar refractivity (Wildman–Crippen MR) is 86.9 cm³/mol. The van der Waals surface area contributed by atoms with Crippen LogP contribution in [0, 0.1) is 5.82 Å². The third-order valence-corrected chi connectivity index (χ3v) is 5.34. The molecule has 4 rings (SSSR count). The van der Waals surface area contributed by atoms with Crippen LogP contribution in [0.1, 0.15) is 24.8 Å². The predicted octanol–water partition coefficient (Wildman–Crippen LogP) is 4.09. The lowest BCUT2D eigenvalue weighted by molar-refractivity contribution is 0.252. The molecule has 1 fully saturated rings. The van der Waals surface area contributed by atoms with E-state index in [1.807, 2.05) is 6.07 Å². The Labute approximate surface area is 132 Å². The minimum atomic E-state index is -0.134. The Morgan fingerprint density at radius 3 is 2.85 bits per heavy atom. The molecule has 1 saturated carbocycles. The van der Waals surface area contributed by atoms with Gasteiger partial charge in [0.2, 0.25) is 0 Å². The van der Waals surface area contributed by atoms with Gasteiger partial charge in [0.15, 0.2) is 5.17 Å². The Bertz CT molecular complexity index is 595. The van der Waals surface area contributed by atoms with Crippen LogP contribution in [-0.2, 0) is 5.41 Å². The molecule has 0 atom stereocenters. The van der Waals surface area contributed by atoms with Crippen molar-refractivity contribution in [2.24, 2.45) is 4.99 Å². The molecule has 2 heterocycles. The lowest BCUT2D eigenvalue weighted by Crippen LogP contribution is -2.42. The number of rotatable bonds is 2. The highest BCUT2D eigenvalue weighted by molar-refractivity contribution is 8.93. The minimum Gasteiger partial charge on any atom is -0.321 e. The number of thioether (sulfide) groups is 1. The molecule has 0 unspecified atom stereocenters. The summed E-state index contributed by atoms with van der Waals surface area (Å²) in [6.45, 7) is 1.87. The Kier molecular flexibility index (Phi) is 3.67. The van der Waals surface area contributed by atoms with E-state index >= 15 is 0 Å². The Morgan fingerprint density at radius 2 is 2.15 bits per heavy atom. The van der Waals surface area contributed by atoms with E-state index in [0.717, 1.165) is 36.7 Å². The maximum atomic E-state index is 13.6. The molecule has 0 amide bonds. The van der Waals surface area contributed by atoms with Crippen molar-refractivity contribution in [3.05, 3.63) is 46.8 Å². The van der Waals surface area contributed by atoms with Gasteiger partial charge in [-0.05, 0) is 35.9 Å². The van der Waals surface area contributed by atoms with E-state index in [9.17, 15) is 4.39 Å². The highest BCUT2D eigenvalue weighted by Crippen LogP contribution is 2.53. The standard InChI is InChI=1S/C15H15FN2S.BrH/c16-12-4-1-3-11(9-12)15(5-2-6-15)13-10-19-14-17-7-8-18(13)14;/h1,3-4,9-10H,2,5-8H2;1H. The topological polar surface area (TPSA) is 15.6 Å². The summed E-state index contributed by atoms with van der Waals surface area (Å²) in [5.74, 6) is -0.134. The largest absolute Gasteiger partial charge is 0.321 e. The first-order valence-electron chi connectivity index (χ1n) is 6.75. The molecule has 1 aromatic carbocycles. The zero-order valence-electron chi connectivity index (χ0n) is 11.0. The number of allylic oxidation sites excluding steroid dienone is 1. The second-order valence-electron chi connectivity index (χ2n) is 5.38. The van der Waals surface area contributed by atoms with Gasteiger partial charge < -0.3 is 4.90 Å². The third-order valence-electron chi connectivity index (χ3n) is 4.44. The fourth-order valence-electron chi connectivity index (χ4n) is 3.30. The minimum absolute atomic E-state index is 0. The first-order valence-corrected chi connectivity index (χ1v) is 7.63. The van der Waals surface area contributed by atoms with E-state index < -0.39 is 0 Å². The van der Waals surface area contributed by atoms with Crippen LogP contribution in [0.5, 0.6) is 0 Å². The van der Waals surface area contributed by atoms with Crippen molar-refractivity contribution in [3.63, 3.8) is 0 Å². The second kappa shape index (κ2) is 5.19. The molecule has 0 radical (unpaired) electrons. The molecule has 5 heteroatoms. The quantitative estimate of drug-likeness (QED) is 0.794. The van der Waals surface area contributed by atoms with Gasteiger partial charge in [0, 0.05) is 17.7 Å². The molecule has 3 aliphatic rings. The van der Waals surface area contributed by atoms with Crippen molar-refractivity contribution in [1.82, 2.24) is 4.90 Å². The summed E-state index contributed by atoms with van der Waals surface area (Å²) in [6.07, 6.45) is 3.46. The number of hydrogen-bond acceptors (Lipinski definition) is 3. The van der Waals surface area contributed by atoms with Crippen LogP contribution in [0.15, 0.2) is 40.4 Å². The number of amidine groups is 1. The summed E-state index contributed by atoms with van der Waals surface area (Å²) in [5.41, 5.74) is 2.49. The monoisotopic (exact) mass is 354 g/mol. The van der Waals surface area contributed by atoms with Gasteiger partial charge in [0.1, 0.15) is 5.82 Å². The normalized spacial score (nSPS) is 22.6. The molecular formula is C15H16BrFN2S. The molecule has 0 spiro atoms. The van der Waals surface area contributed by atoms with Crippen molar-refractivity contribution in [2.45, 2.75) is 24.7 Å². The van der Waals surface area contributed by atoms with Gasteiger partial charge in [-0.2, -0.15) is 0 Å². The molecule has 1 aromatic rings. The van der Waals surface area contributed by atoms with Gasteiger partial charge in [-0.15, -0.1) is 17.0 Å². The summed E-state index contributed by atoms with van der Waals surface area (Å²) in [7, 11) is 0. The summed E-state index contributed by atoms with van der Waals surface area (Å²) < 4.78 is 13.6. The van der Waals surface area contributed by atoms with Gasteiger partial charge >= 0.3 is 0 Å². The van der Waals surface area contributed by atoms with E-state index in [4.69, 9.17) is 0 Å². The summed E-state index contributed by atoms with van der Waals surface area (Å²) in [5, 5.41) is 3.35. The van der Waals surface area contributed by atoms with Crippen LogP contribution in [0.2, 0.25) is 0 Å². The molecule has 20 heavy (non-hydrogen) atoms. The van der Waals surface area contributed by atoms with Crippen molar-refractivity contribution < 1.29 is 4.39 Å². The number of benzene rings is 1. The number of halogens is 2. The van der Waals surface area contributed by atoms with Crippen LogP contribution in [0.25, 0.3) is 0 Å². The van der Waals surface area contributed by atoms with Crippen LogP contribution in [0.3, 0.4) is 0 Å². The third kappa shape index (κ3) is 1.94. The molecule has 0 bridgehead atoms. The van der Waals surface area contributed by atoms with E-state index in [0.29, 0.717) is 0 Å². The highest BCUT2D eigenvalue weighted by atomic mass is 79.9. The Morgan fingerprint density at radius 1 is 1.30 bits per heavy atom. The fourth-order valence-corrected chi connectivity index (χ4v) is 4.36. The summed E-state index contributed by atoms with van der Waals surface area (Å²) >= 11 is 1.72. The molecular weight excluding hydrogens is 339 g/mol. The summed E-state index contributed by atoms with van der Waals surface area (Å²) in [6, 6.07) is 7.12. The highest BCUT2D eigenvalue weighted by Gasteiger charge is 2.47. The fraction of sp³-hybridized carbons (Fsp3) is 0.400. The lowest BCUT2D eigenvalue weighted by Gasteiger charge is -2.45. The van der Waals surface area contributed by atoms with Gasteiger partial charge in [-0.1, -0.05) is 30.3 Å². The van der Waals surface area contributed by atoms with Crippen LogP contribution in [-0.4, -0.2) is 23.2 Å². The first kappa shape index (κ1) is 14.1. The first-order chi connectivity index (χ1) is 9.29. The average molecular weight is 355 g/mol. The summed E-state index contributed by atoms with van der Waals surface area (Å²) in [4.78, 5) is 6.84. The Hall–Kier alpha value is -0.810. The molecule has 2 nitrogen and oxygen atoms in total. The van der Waals surface area contributed by atoms with Crippen LogP contribution < -0.4 is 0 Å². The van der Waals surface area contributed by atoms with Gasteiger partial charge in [-0.3, -0.25) is 4.99 Å². The number of fused-ring (bicyclic) bond motifs is 1. The van der Waals surface area contributed by atoms with Gasteiger partial charge in [0.25, 0.3) is 0 Å². The number of aliphatic imine (C=N–C) groups is 1. The average Bonchev–Trinajstić information content (AvgIpc) is 2.92. The van der Waals surface area contributed by atoms with E-state index in [1.165, 1.54) is 18.2 Å². The number of hydrogen-bond donors (Lipinski definition) is 0. The van der Waals surface area contributed by atoms with Crippen molar-refractivity contribution in [2.75, 3.05) is 13.1 Å². The molecule has 106 valence electrons. The van der Waals surface area contributed by atoms with Crippen LogP contribution >= 0.6 is 28.7 Å². The zero-order chi connectivity index (χ0) is 12.9. The van der Waals surface area contributed by atoms with E-state index in [2.05, 4.69) is 21.4 Å². The van der Waals surface area contributed by atoms with Gasteiger partial charge in [-0.25, -0.2) is 4.39 Å². The van der Waals surface area contributed by atoms with Crippen molar-refractivity contribution in [1.29, 1.82) is 0 Å². The van der Waals surface area contributed by atoms with Crippen LogP contribution in [0.4, 0.5) is 4.39 Å². The second-order valence-corrected chi connectivity index (χ2v) is 6.22. The SMILES string of the molecule is Br.Fc1cccc(C2(C3=CSC4=NCCN34)CCC2)c1. The molecule has 0 saturated heterocycles. The smallest absolute Gasteiger partial charge is 0.167 e.